The number of anilines is 1. The quantitative estimate of drug-likeness (QED) is 0.853. The van der Waals surface area contributed by atoms with Crippen LogP contribution in [-0.2, 0) is 14.3 Å². The number of aliphatic hydroxyl groups is 1. The minimum absolute atomic E-state index is 0.0283. The van der Waals surface area contributed by atoms with Gasteiger partial charge in [-0.2, -0.15) is 0 Å². The van der Waals surface area contributed by atoms with Gasteiger partial charge in [0.15, 0.2) is 0 Å². The fourth-order valence-corrected chi connectivity index (χ4v) is 3.50. The number of carbonyl (C=O) groups excluding carboxylic acids is 1. The van der Waals surface area contributed by atoms with E-state index in [0.29, 0.717) is 26.1 Å². The average Bonchev–Trinajstić information content (AvgIpc) is 2.77. The molecule has 0 spiro atoms. The lowest BCUT2D eigenvalue weighted by atomic mass is 9.82. The highest BCUT2D eigenvalue weighted by Crippen LogP contribution is 2.45. The summed E-state index contributed by atoms with van der Waals surface area (Å²) in [7, 11) is 0. The van der Waals surface area contributed by atoms with E-state index in [1.807, 2.05) is 30.3 Å². The van der Waals surface area contributed by atoms with E-state index >= 15 is 0 Å². The number of para-hydroxylation sites is 1. The molecule has 1 N–H and O–H groups in total. The van der Waals surface area contributed by atoms with Crippen molar-refractivity contribution in [2.24, 2.45) is 11.8 Å². The van der Waals surface area contributed by atoms with Crippen LogP contribution >= 0.6 is 0 Å². The SMILES string of the molecule is O=C1[C@@H]2CC3=C(C[C@@H]2[C@@H](O)N1c1ccccc1)OCCO3. The summed E-state index contributed by atoms with van der Waals surface area (Å²) < 4.78 is 11.2. The van der Waals surface area contributed by atoms with Gasteiger partial charge in [0.1, 0.15) is 31.0 Å². The second kappa shape index (κ2) is 4.77. The molecule has 0 bridgehead atoms. The molecule has 0 unspecified atom stereocenters. The van der Waals surface area contributed by atoms with Gasteiger partial charge in [-0.25, -0.2) is 0 Å². The maximum atomic E-state index is 12.7. The fraction of sp³-hybridized carbons (Fsp3) is 0.438. The standard InChI is InChI=1S/C16H17NO4/c18-15-11-8-13-14(21-7-6-20-13)9-12(11)16(19)17(15)10-4-2-1-3-5-10/h1-5,11-12,15,18H,6-9H2/t11-,12+,15+/m0/s1. The van der Waals surface area contributed by atoms with Crippen molar-refractivity contribution in [3.8, 4) is 0 Å². The number of carbonyl (C=O) groups is 1. The largest absolute Gasteiger partial charge is 0.491 e. The van der Waals surface area contributed by atoms with Gasteiger partial charge in [0.25, 0.3) is 0 Å². The summed E-state index contributed by atoms with van der Waals surface area (Å²) in [5.74, 6) is 1.22. The number of hydrogen-bond acceptors (Lipinski definition) is 4. The summed E-state index contributed by atoms with van der Waals surface area (Å²) in [6.45, 7) is 1.08. The molecule has 3 atom stereocenters. The number of ether oxygens (including phenoxy) is 2. The Kier molecular flexibility index (Phi) is 2.89. The first-order chi connectivity index (χ1) is 10.3. The third-order valence-corrected chi connectivity index (χ3v) is 4.53. The molecule has 1 aromatic rings. The first-order valence-corrected chi connectivity index (χ1v) is 7.29. The van der Waals surface area contributed by atoms with Crippen LogP contribution in [0.3, 0.4) is 0 Å². The van der Waals surface area contributed by atoms with Crippen LogP contribution in [0.5, 0.6) is 0 Å². The van der Waals surface area contributed by atoms with E-state index in [1.165, 1.54) is 4.90 Å². The molecule has 2 heterocycles. The van der Waals surface area contributed by atoms with E-state index in [9.17, 15) is 9.90 Å². The third-order valence-electron chi connectivity index (χ3n) is 4.53. The van der Waals surface area contributed by atoms with Crippen molar-refractivity contribution in [3.05, 3.63) is 41.9 Å². The molecule has 1 saturated heterocycles. The summed E-state index contributed by atoms with van der Waals surface area (Å²) in [6.07, 6.45) is 0.291. The van der Waals surface area contributed by atoms with Crippen LogP contribution in [0.15, 0.2) is 41.9 Å². The normalized spacial score (nSPS) is 31.4. The topological polar surface area (TPSA) is 59.0 Å². The van der Waals surface area contributed by atoms with Gasteiger partial charge in [-0.3, -0.25) is 9.69 Å². The zero-order valence-corrected chi connectivity index (χ0v) is 11.6. The van der Waals surface area contributed by atoms with Crippen molar-refractivity contribution in [3.63, 3.8) is 0 Å². The fourth-order valence-electron chi connectivity index (χ4n) is 3.50. The number of fused-ring (bicyclic) bond motifs is 1. The molecule has 5 nitrogen and oxygen atoms in total. The molecule has 5 heteroatoms. The summed E-state index contributed by atoms with van der Waals surface area (Å²) in [4.78, 5) is 14.2. The molecule has 1 aliphatic carbocycles. The molecule has 0 radical (unpaired) electrons. The molecule has 3 aliphatic rings. The Morgan fingerprint density at radius 3 is 2.43 bits per heavy atom. The smallest absolute Gasteiger partial charge is 0.233 e. The summed E-state index contributed by atoms with van der Waals surface area (Å²) in [5, 5.41) is 10.6. The molecule has 110 valence electrons. The average molecular weight is 287 g/mol. The Hall–Kier alpha value is -2.01. The minimum atomic E-state index is -0.801. The predicted octanol–water partition coefficient (Wildman–Crippen LogP) is 1.64. The molecular formula is C16H17NO4. The van der Waals surface area contributed by atoms with Crippen molar-refractivity contribution < 1.29 is 19.4 Å². The van der Waals surface area contributed by atoms with E-state index in [1.54, 1.807) is 0 Å². The highest BCUT2D eigenvalue weighted by Gasteiger charge is 2.51. The Labute approximate surface area is 122 Å². The van der Waals surface area contributed by atoms with Gasteiger partial charge < -0.3 is 14.6 Å². The molecule has 1 aromatic carbocycles. The number of hydrogen-bond donors (Lipinski definition) is 1. The van der Waals surface area contributed by atoms with Crippen LogP contribution in [0.4, 0.5) is 5.69 Å². The number of amides is 1. The lowest BCUT2D eigenvalue weighted by Gasteiger charge is -2.31. The van der Waals surface area contributed by atoms with Gasteiger partial charge in [0.2, 0.25) is 5.91 Å². The Morgan fingerprint density at radius 1 is 1.05 bits per heavy atom. The van der Waals surface area contributed by atoms with E-state index in [2.05, 4.69) is 0 Å². The van der Waals surface area contributed by atoms with Crippen molar-refractivity contribution in [1.82, 2.24) is 0 Å². The van der Waals surface area contributed by atoms with Crippen molar-refractivity contribution in [1.29, 1.82) is 0 Å². The number of allylic oxidation sites excluding steroid dienone is 2. The molecule has 21 heavy (non-hydrogen) atoms. The second-order valence-corrected chi connectivity index (χ2v) is 5.68. The molecule has 0 aromatic heterocycles. The van der Waals surface area contributed by atoms with Gasteiger partial charge in [-0.15, -0.1) is 0 Å². The number of rotatable bonds is 1. The number of benzene rings is 1. The van der Waals surface area contributed by atoms with E-state index < -0.39 is 6.23 Å². The van der Waals surface area contributed by atoms with Crippen LogP contribution in [0.1, 0.15) is 12.8 Å². The van der Waals surface area contributed by atoms with Gasteiger partial charge in [0.05, 0.1) is 5.92 Å². The second-order valence-electron chi connectivity index (χ2n) is 5.68. The molecule has 0 saturated carbocycles. The Morgan fingerprint density at radius 2 is 1.71 bits per heavy atom. The van der Waals surface area contributed by atoms with E-state index in [4.69, 9.17) is 9.47 Å². The van der Waals surface area contributed by atoms with Crippen LogP contribution in [0.25, 0.3) is 0 Å². The molecule has 4 rings (SSSR count). The Balaban J connectivity index is 1.65. The number of aliphatic hydroxyl groups excluding tert-OH is 1. The van der Waals surface area contributed by atoms with Gasteiger partial charge in [-0.1, -0.05) is 18.2 Å². The van der Waals surface area contributed by atoms with Gasteiger partial charge in [-0.05, 0) is 12.1 Å². The van der Waals surface area contributed by atoms with E-state index in [-0.39, 0.29) is 17.7 Å². The zero-order chi connectivity index (χ0) is 14.4. The zero-order valence-electron chi connectivity index (χ0n) is 11.6. The first-order valence-electron chi connectivity index (χ1n) is 7.29. The molecule has 2 aliphatic heterocycles. The summed E-state index contributed by atoms with van der Waals surface area (Å²) in [6, 6.07) is 9.32. The summed E-state index contributed by atoms with van der Waals surface area (Å²) in [5.41, 5.74) is 0.740. The molecule has 1 fully saturated rings. The minimum Gasteiger partial charge on any atom is -0.491 e. The summed E-state index contributed by atoms with van der Waals surface area (Å²) >= 11 is 0. The van der Waals surface area contributed by atoms with Crippen molar-refractivity contribution in [2.75, 3.05) is 18.1 Å². The predicted molar refractivity (Wildman–Crippen MR) is 75.1 cm³/mol. The number of nitrogens with zero attached hydrogens (tertiary/aromatic N) is 1. The van der Waals surface area contributed by atoms with Crippen molar-refractivity contribution in [2.45, 2.75) is 19.1 Å². The van der Waals surface area contributed by atoms with Crippen LogP contribution in [-0.4, -0.2) is 30.5 Å². The lowest BCUT2D eigenvalue weighted by molar-refractivity contribution is -0.121. The van der Waals surface area contributed by atoms with E-state index in [0.717, 1.165) is 17.2 Å². The van der Waals surface area contributed by atoms with Gasteiger partial charge >= 0.3 is 0 Å². The molecular weight excluding hydrogens is 270 g/mol. The Bertz CT molecular complexity index is 598. The third kappa shape index (κ3) is 1.92. The van der Waals surface area contributed by atoms with Crippen LogP contribution in [0, 0.1) is 11.8 Å². The maximum Gasteiger partial charge on any atom is 0.233 e. The van der Waals surface area contributed by atoms with Crippen molar-refractivity contribution >= 4 is 11.6 Å². The van der Waals surface area contributed by atoms with Crippen LogP contribution < -0.4 is 4.90 Å². The highest BCUT2D eigenvalue weighted by atomic mass is 16.6. The first kappa shape index (κ1) is 12.7. The van der Waals surface area contributed by atoms with Crippen LogP contribution in [0.2, 0.25) is 0 Å². The lowest BCUT2D eigenvalue weighted by Crippen LogP contribution is -2.35. The van der Waals surface area contributed by atoms with Gasteiger partial charge in [0, 0.05) is 24.4 Å². The monoisotopic (exact) mass is 287 g/mol. The maximum absolute atomic E-state index is 12.7. The highest BCUT2D eigenvalue weighted by molar-refractivity contribution is 5.98. The molecule has 1 amide bonds.